The molecular formula is C19H18F4. The van der Waals surface area contributed by atoms with Gasteiger partial charge in [-0.25, -0.2) is 4.39 Å². The average molecular weight is 322 g/mol. The maximum Gasteiger partial charge on any atom is 0.406 e. The van der Waals surface area contributed by atoms with Crippen molar-refractivity contribution >= 4 is 0 Å². The summed E-state index contributed by atoms with van der Waals surface area (Å²) in [5.41, 5.74) is -1.45. The minimum Gasteiger partial charge on any atom is -0.246 e. The lowest BCUT2D eigenvalue weighted by Crippen LogP contribution is -2.45. The van der Waals surface area contributed by atoms with E-state index in [0.29, 0.717) is 0 Å². The van der Waals surface area contributed by atoms with Gasteiger partial charge in [0.15, 0.2) is 0 Å². The third-order valence-corrected chi connectivity index (χ3v) is 4.09. The van der Waals surface area contributed by atoms with Gasteiger partial charge in [-0.2, -0.15) is 13.2 Å². The first-order chi connectivity index (χ1) is 10.7. The molecule has 122 valence electrons. The smallest absolute Gasteiger partial charge is 0.246 e. The normalized spacial score (nSPS) is 12.3. The molecule has 2 aromatic carbocycles. The monoisotopic (exact) mass is 322 g/mol. The molecule has 0 spiro atoms. The zero-order chi connectivity index (χ0) is 17.3. The first kappa shape index (κ1) is 17.3. The summed E-state index contributed by atoms with van der Waals surface area (Å²) < 4.78 is 55.8. The van der Waals surface area contributed by atoms with Crippen LogP contribution < -0.4 is 0 Å². The summed E-state index contributed by atoms with van der Waals surface area (Å²) in [5, 5.41) is 0. The number of benzene rings is 2. The highest BCUT2D eigenvalue weighted by atomic mass is 19.4. The van der Waals surface area contributed by atoms with E-state index in [-0.39, 0.29) is 11.1 Å². The topological polar surface area (TPSA) is 0 Å². The number of rotatable bonds is 4. The highest BCUT2D eigenvalue weighted by Gasteiger charge is 2.58. The van der Waals surface area contributed by atoms with Crippen molar-refractivity contribution in [3.8, 4) is 0 Å². The molecule has 0 saturated heterocycles. The summed E-state index contributed by atoms with van der Waals surface area (Å²) >= 11 is 0. The first-order valence-corrected chi connectivity index (χ1v) is 7.18. The van der Waals surface area contributed by atoms with Crippen molar-refractivity contribution in [2.45, 2.75) is 25.4 Å². The van der Waals surface area contributed by atoms with Crippen molar-refractivity contribution in [3.05, 3.63) is 82.9 Å². The minimum atomic E-state index is -4.71. The van der Waals surface area contributed by atoms with Gasteiger partial charge in [0, 0.05) is 0 Å². The second-order valence-corrected chi connectivity index (χ2v) is 5.72. The largest absolute Gasteiger partial charge is 0.406 e. The van der Waals surface area contributed by atoms with E-state index in [1.807, 2.05) is 0 Å². The standard InChI is InChI=1S/C19H18F4/c1-13-4-8-16(9-5-13)18(15(3)12-20,19(21,22)23)17-10-6-14(2)7-11-17/h4-11H,3,12H2,1-2H3. The van der Waals surface area contributed by atoms with Crippen LogP contribution in [0.5, 0.6) is 0 Å². The van der Waals surface area contributed by atoms with E-state index in [9.17, 15) is 17.6 Å². The van der Waals surface area contributed by atoms with E-state index in [1.54, 1.807) is 38.1 Å². The van der Waals surface area contributed by atoms with Crippen molar-refractivity contribution in [1.29, 1.82) is 0 Å². The molecule has 0 aliphatic heterocycles. The molecule has 4 heteroatoms. The fraction of sp³-hybridized carbons (Fsp3) is 0.263. The predicted molar refractivity (Wildman–Crippen MR) is 84.3 cm³/mol. The Morgan fingerprint density at radius 2 is 1.17 bits per heavy atom. The molecule has 0 fully saturated rings. The third kappa shape index (κ3) is 2.90. The van der Waals surface area contributed by atoms with Gasteiger partial charge in [0.25, 0.3) is 0 Å². The zero-order valence-electron chi connectivity index (χ0n) is 13.0. The third-order valence-electron chi connectivity index (χ3n) is 4.09. The van der Waals surface area contributed by atoms with Crippen molar-refractivity contribution < 1.29 is 17.6 Å². The average Bonchev–Trinajstić information content (AvgIpc) is 2.49. The Morgan fingerprint density at radius 3 is 1.43 bits per heavy atom. The Kier molecular flexibility index (Phi) is 4.64. The Bertz CT molecular complexity index is 633. The predicted octanol–water partition coefficient (Wildman–Crippen LogP) is 5.68. The fourth-order valence-electron chi connectivity index (χ4n) is 2.81. The second-order valence-electron chi connectivity index (χ2n) is 5.72. The molecule has 2 rings (SSSR count). The van der Waals surface area contributed by atoms with Crippen molar-refractivity contribution in [3.63, 3.8) is 0 Å². The van der Waals surface area contributed by atoms with Gasteiger partial charge in [0.05, 0.1) is 0 Å². The van der Waals surface area contributed by atoms with Crippen LogP contribution in [0.15, 0.2) is 60.7 Å². The molecule has 0 aliphatic carbocycles. The second kappa shape index (κ2) is 6.19. The van der Waals surface area contributed by atoms with Gasteiger partial charge in [-0.15, -0.1) is 0 Å². The van der Waals surface area contributed by atoms with Gasteiger partial charge in [-0.1, -0.05) is 66.2 Å². The molecule has 0 saturated carbocycles. The molecule has 0 bridgehead atoms. The molecule has 23 heavy (non-hydrogen) atoms. The molecule has 0 amide bonds. The van der Waals surface area contributed by atoms with Gasteiger partial charge in [-0.3, -0.25) is 0 Å². The lowest BCUT2D eigenvalue weighted by molar-refractivity contribution is -0.168. The minimum absolute atomic E-state index is 0.0258. The molecule has 0 aromatic heterocycles. The number of halogens is 4. The number of allylic oxidation sites excluding steroid dienone is 1. The summed E-state index contributed by atoms with van der Waals surface area (Å²) in [6, 6.07) is 11.9. The Hall–Kier alpha value is -2.10. The molecule has 0 radical (unpaired) electrons. The molecular weight excluding hydrogens is 304 g/mol. The number of aryl methyl sites for hydroxylation is 2. The van der Waals surface area contributed by atoms with E-state index in [4.69, 9.17) is 0 Å². The van der Waals surface area contributed by atoms with Gasteiger partial charge in [0.2, 0.25) is 0 Å². The molecule has 0 nitrogen and oxygen atoms in total. The van der Waals surface area contributed by atoms with Gasteiger partial charge < -0.3 is 0 Å². The Balaban J connectivity index is 2.83. The number of hydrogen-bond donors (Lipinski definition) is 0. The summed E-state index contributed by atoms with van der Waals surface area (Å²) in [6.07, 6.45) is -4.71. The van der Waals surface area contributed by atoms with E-state index >= 15 is 0 Å². The van der Waals surface area contributed by atoms with Gasteiger partial charge in [-0.05, 0) is 30.5 Å². The number of hydrogen-bond acceptors (Lipinski definition) is 0. The summed E-state index contributed by atoms with van der Waals surface area (Å²) in [7, 11) is 0. The lowest BCUT2D eigenvalue weighted by atomic mass is 9.69. The molecule has 0 aliphatic rings. The van der Waals surface area contributed by atoms with Crippen molar-refractivity contribution in [2.75, 3.05) is 6.67 Å². The van der Waals surface area contributed by atoms with Crippen LogP contribution in [0.1, 0.15) is 22.3 Å². The van der Waals surface area contributed by atoms with E-state index in [2.05, 4.69) is 6.58 Å². The molecule has 0 heterocycles. The Morgan fingerprint density at radius 1 is 0.826 bits per heavy atom. The van der Waals surface area contributed by atoms with Crippen molar-refractivity contribution in [1.82, 2.24) is 0 Å². The van der Waals surface area contributed by atoms with Crippen LogP contribution in [0.25, 0.3) is 0 Å². The zero-order valence-corrected chi connectivity index (χ0v) is 13.0. The molecule has 0 N–H and O–H groups in total. The SMILES string of the molecule is C=C(CF)C(c1ccc(C)cc1)(c1ccc(C)cc1)C(F)(F)F. The summed E-state index contributed by atoms with van der Waals surface area (Å²) in [6.45, 7) is 5.74. The van der Waals surface area contributed by atoms with Crippen molar-refractivity contribution in [2.24, 2.45) is 0 Å². The fourth-order valence-corrected chi connectivity index (χ4v) is 2.81. The maximum absolute atomic E-state index is 14.2. The van der Waals surface area contributed by atoms with Crippen LogP contribution in [0.2, 0.25) is 0 Å². The Labute approximate surface area is 133 Å². The molecule has 0 atom stereocenters. The highest BCUT2D eigenvalue weighted by Crippen LogP contribution is 2.51. The van der Waals surface area contributed by atoms with Crippen LogP contribution >= 0.6 is 0 Å². The van der Waals surface area contributed by atoms with Gasteiger partial charge in [0.1, 0.15) is 12.1 Å². The van der Waals surface area contributed by atoms with Crippen LogP contribution in [0, 0.1) is 13.8 Å². The lowest BCUT2D eigenvalue weighted by Gasteiger charge is -2.38. The molecule has 0 unspecified atom stereocenters. The van der Waals surface area contributed by atoms with E-state index in [1.165, 1.54) is 24.3 Å². The quantitative estimate of drug-likeness (QED) is 0.502. The summed E-state index contributed by atoms with van der Waals surface area (Å²) in [4.78, 5) is 0. The number of alkyl halides is 4. The van der Waals surface area contributed by atoms with Gasteiger partial charge >= 0.3 is 6.18 Å². The van der Waals surface area contributed by atoms with Crippen LogP contribution in [0.4, 0.5) is 17.6 Å². The maximum atomic E-state index is 14.2. The van der Waals surface area contributed by atoms with Crippen LogP contribution in [0.3, 0.4) is 0 Å². The molecule has 2 aromatic rings. The summed E-state index contributed by atoms with van der Waals surface area (Å²) in [5.74, 6) is 0. The first-order valence-electron chi connectivity index (χ1n) is 7.18. The van der Waals surface area contributed by atoms with E-state index < -0.39 is 23.8 Å². The van der Waals surface area contributed by atoms with E-state index in [0.717, 1.165) is 11.1 Å². The van der Waals surface area contributed by atoms with Crippen LogP contribution in [-0.4, -0.2) is 12.9 Å². The van der Waals surface area contributed by atoms with Crippen LogP contribution in [-0.2, 0) is 5.41 Å². The highest BCUT2D eigenvalue weighted by molar-refractivity contribution is 5.51.